The third-order valence-corrected chi connectivity index (χ3v) is 12.8. The van der Waals surface area contributed by atoms with Gasteiger partial charge in [0, 0.05) is 48.7 Å². The molecule has 0 saturated heterocycles. The number of nitrogens with zero attached hydrogens (tertiary/aromatic N) is 4. The molecule has 9 rings (SSSR count). The second kappa shape index (κ2) is 17.7. The maximum Gasteiger partial charge on any atom is 0.146 e. The van der Waals surface area contributed by atoms with Gasteiger partial charge in [-0.1, -0.05) is 157 Å². The van der Waals surface area contributed by atoms with E-state index in [1.54, 1.807) is 0 Å². The Morgan fingerprint density at radius 2 is 1.06 bits per heavy atom. The standard InChI is InChI=1S/C46H48N3O.C15H16N.Ir/c1-43(2,3)28-15-21-37-33(23-28)34-24-29(44(4,5)6)16-22-38(34)49(37)40-27(25-47)13-17-32-39-35(46(10,11)12)19-18-31(41(39)50-42(32)40)36-20-14-30(26-48-36)45(7,8)9;1-15(2,3)13-9-10-14(16-11-13)12-7-5-4-6-8-12;/h13-17,19-24,26H,1-12H3;4-7,9-11H,1-3H3;/q2*-1;. The van der Waals surface area contributed by atoms with Gasteiger partial charge in [0.05, 0.1) is 22.2 Å². The Morgan fingerprint density at radius 1 is 0.537 bits per heavy atom. The number of rotatable bonds is 3. The average Bonchev–Trinajstić information content (AvgIpc) is 3.80. The molecule has 0 saturated carbocycles. The molecule has 0 bridgehead atoms. The molecule has 4 aromatic heterocycles. The third kappa shape index (κ3) is 9.52. The van der Waals surface area contributed by atoms with Gasteiger partial charge in [-0.3, -0.25) is 0 Å². The molecule has 5 aromatic carbocycles. The Bertz CT molecular complexity index is 3220. The smallest absolute Gasteiger partial charge is 0.146 e. The molecule has 0 atom stereocenters. The molecule has 4 heterocycles. The number of hydrogen-bond acceptors (Lipinski definition) is 4. The second-order valence-corrected chi connectivity index (χ2v) is 23.0. The van der Waals surface area contributed by atoms with Crippen LogP contribution in [0.4, 0.5) is 0 Å². The van der Waals surface area contributed by atoms with Crippen molar-refractivity contribution in [2.75, 3.05) is 0 Å². The number of nitriles is 1. The van der Waals surface area contributed by atoms with Gasteiger partial charge in [0.15, 0.2) is 0 Å². The van der Waals surface area contributed by atoms with E-state index in [4.69, 9.17) is 9.40 Å². The van der Waals surface area contributed by atoms with Crippen molar-refractivity contribution in [3.05, 3.63) is 161 Å². The fraction of sp³-hybridized carbons (Fsp3) is 0.328. The van der Waals surface area contributed by atoms with E-state index >= 15 is 0 Å². The summed E-state index contributed by atoms with van der Waals surface area (Å²) < 4.78 is 9.33. The van der Waals surface area contributed by atoms with Crippen LogP contribution in [0.1, 0.15) is 137 Å². The minimum absolute atomic E-state index is 0. The van der Waals surface area contributed by atoms with E-state index in [0.717, 1.165) is 61.2 Å². The SMILES string of the molecule is CC(C)(C)c1ccc(-c2[c-]cc(C(C)(C)C)c3c2oc2c(-n4c5ccc(C(C)(C)C)cc5c5cc(C(C)(C)C)ccc54)c(C#N)ccc23)nc1.CC(C)(C)c1ccc(-c2[c-]cccc2)nc1.[Ir]. The molecule has 0 unspecified atom stereocenters. The molecule has 0 aliphatic rings. The fourth-order valence-corrected chi connectivity index (χ4v) is 8.70. The summed E-state index contributed by atoms with van der Waals surface area (Å²) in [6.07, 6.45) is 3.92. The Kier molecular flexibility index (Phi) is 12.9. The number of aromatic nitrogens is 3. The Morgan fingerprint density at radius 3 is 1.51 bits per heavy atom. The predicted molar refractivity (Wildman–Crippen MR) is 277 cm³/mol. The van der Waals surface area contributed by atoms with Gasteiger partial charge in [-0.25, -0.2) is 0 Å². The van der Waals surface area contributed by atoms with E-state index in [2.05, 4.69) is 204 Å². The summed E-state index contributed by atoms with van der Waals surface area (Å²) in [6.45, 7) is 33.4. The minimum Gasteiger partial charge on any atom is -0.498 e. The van der Waals surface area contributed by atoms with E-state index in [9.17, 15) is 5.26 Å². The van der Waals surface area contributed by atoms with Gasteiger partial charge in [-0.2, -0.15) is 5.26 Å². The first-order valence-corrected chi connectivity index (χ1v) is 23.2. The van der Waals surface area contributed by atoms with E-state index in [-0.39, 0.29) is 47.2 Å². The fourth-order valence-electron chi connectivity index (χ4n) is 8.70. The zero-order chi connectivity index (χ0) is 47.7. The Balaban J connectivity index is 0.000000331. The monoisotopic (exact) mass is 1060 g/mol. The van der Waals surface area contributed by atoms with Crippen molar-refractivity contribution in [3.63, 3.8) is 0 Å². The molecule has 6 heteroatoms. The van der Waals surface area contributed by atoms with Crippen molar-refractivity contribution in [2.45, 2.75) is 131 Å². The van der Waals surface area contributed by atoms with Crippen LogP contribution < -0.4 is 0 Å². The first kappa shape index (κ1) is 49.1. The van der Waals surface area contributed by atoms with E-state index in [0.29, 0.717) is 11.1 Å². The summed E-state index contributed by atoms with van der Waals surface area (Å²) >= 11 is 0. The molecule has 0 spiro atoms. The number of benzene rings is 5. The maximum absolute atomic E-state index is 10.7. The van der Waals surface area contributed by atoms with Crippen molar-refractivity contribution in [1.82, 2.24) is 14.5 Å². The molecule has 345 valence electrons. The molecule has 0 aliphatic carbocycles. The largest absolute Gasteiger partial charge is 0.498 e. The first-order valence-electron chi connectivity index (χ1n) is 23.2. The number of furan rings is 1. The first-order chi connectivity index (χ1) is 30.9. The minimum atomic E-state index is -0.179. The summed E-state index contributed by atoms with van der Waals surface area (Å²) in [5, 5.41) is 15.0. The molecule has 67 heavy (non-hydrogen) atoms. The molecular weight excluding hydrogens is 997 g/mol. The number of fused-ring (bicyclic) bond motifs is 6. The van der Waals surface area contributed by atoms with Crippen molar-refractivity contribution >= 4 is 43.7 Å². The molecule has 1 radical (unpaired) electrons. The van der Waals surface area contributed by atoms with Gasteiger partial charge in [-0.15, -0.1) is 53.6 Å². The zero-order valence-corrected chi connectivity index (χ0v) is 44.4. The van der Waals surface area contributed by atoms with Crippen LogP contribution in [-0.2, 0) is 47.2 Å². The molecule has 0 aliphatic heterocycles. The molecule has 0 N–H and O–H groups in total. The topological polar surface area (TPSA) is 67.6 Å². The van der Waals surface area contributed by atoms with E-state index in [1.807, 2.05) is 42.7 Å². The summed E-state index contributed by atoms with van der Waals surface area (Å²) in [4.78, 5) is 9.41. The van der Waals surface area contributed by atoms with Crippen LogP contribution in [0.2, 0.25) is 0 Å². The van der Waals surface area contributed by atoms with Gasteiger partial charge in [0.25, 0.3) is 0 Å². The summed E-state index contributed by atoms with van der Waals surface area (Å²) in [6, 6.07) is 45.3. The third-order valence-electron chi connectivity index (χ3n) is 12.8. The normalized spacial score (nSPS) is 12.6. The van der Waals surface area contributed by atoms with Crippen molar-refractivity contribution in [2.24, 2.45) is 0 Å². The van der Waals surface area contributed by atoms with Crippen LogP contribution in [0.25, 0.3) is 71.9 Å². The van der Waals surface area contributed by atoms with Crippen LogP contribution in [-0.4, -0.2) is 14.5 Å². The van der Waals surface area contributed by atoms with Gasteiger partial charge < -0.3 is 19.0 Å². The maximum atomic E-state index is 10.7. The van der Waals surface area contributed by atoms with Crippen LogP contribution in [0.15, 0.2) is 120 Å². The van der Waals surface area contributed by atoms with Gasteiger partial charge >= 0.3 is 0 Å². The number of pyridine rings is 2. The van der Waals surface area contributed by atoms with Crippen LogP contribution in [0.3, 0.4) is 0 Å². The number of hydrogen-bond donors (Lipinski definition) is 0. The van der Waals surface area contributed by atoms with Crippen molar-refractivity contribution in [3.8, 4) is 34.3 Å². The average molecular weight is 1060 g/mol. The zero-order valence-electron chi connectivity index (χ0n) is 42.0. The molecule has 9 aromatic rings. The van der Waals surface area contributed by atoms with Gasteiger partial charge in [0.1, 0.15) is 17.3 Å². The summed E-state index contributed by atoms with van der Waals surface area (Å²) in [5.74, 6) is 0. The van der Waals surface area contributed by atoms with E-state index < -0.39 is 0 Å². The van der Waals surface area contributed by atoms with Crippen LogP contribution in [0.5, 0.6) is 0 Å². The van der Waals surface area contributed by atoms with Crippen LogP contribution >= 0.6 is 0 Å². The molecule has 5 nitrogen and oxygen atoms in total. The van der Waals surface area contributed by atoms with E-state index in [1.165, 1.54) is 33.0 Å². The quantitative estimate of drug-likeness (QED) is 0.165. The predicted octanol–water partition coefficient (Wildman–Crippen LogP) is 16.5. The summed E-state index contributed by atoms with van der Waals surface area (Å²) in [7, 11) is 0. The van der Waals surface area contributed by atoms with Gasteiger partial charge in [0.2, 0.25) is 0 Å². The van der Waals surface area contributed by atoms with Crippen molar-refractivity contribution < 1.29 is 24.5 Å². The molecule has 0 amide bonds. The van der Waals surface area contributed by atoms with Gasteiger partial charge in [-0.05, 0) is 91.0 Å². The van der Waals surface area contributed by atoms with Crippen LogP contribution in [0, 0.1) is 23.5 Å². The van der Waals surface area contributed by atoms with Crippen molar-refractivity contribution in [1.29, 1.82) is 5.26 Å². The second-order valence-electron chi connectivity index (χ2n) is 23.0. The molecule has 0 fully saturated rings. The summed E-state index contributed by atoms with van der Waals surface area (Å²) in [5.41, 5.74) is 14.5. The Labute approximate surface area is 412 Å². The molecular formula is C61H64IrN4O-2. The Hall–Kier alpha value is -5.86.